The highest BCUT2D eigenvalue weighted by atomic mass is 16.6. The van der Waals surface area contributed by atoms with Gasteiger partial charge in [-0.15, -0.1) is 0 Å². The fourth-order valence-corrected chi connectivity index (χ4v) is 7.78. The van der Waals surface area contributed by atoms with E-state index in [9.17, 15) is 35.1 Å². The number of allylic oxidation sites excluding steroid dienone is 2. The topological polar surface area (TPSA) is 160 Å². The summed E-state index contributed by atoms with van der Waals surface area (Å²) in [6, 6.07) is 0.573. The Bertz CT molecular complexity index is 1200. The van der Waals surface area contributed by atoms with Crippen LogP contribution in [0.25, 0.3) is 0 Å². The molecule has 52 heavy (non-hydrogen) atoms. The van der Waals surface area contributed by atoms with Gasteiger partial charge in [-0.05, 0) is 76.4 Å². The van der Waals surface area contributed by atoms with Crippen molar-refractivity contribution >= 4 is 12.1 Å². The number of esters is 1. The highest BCUT2D eigenvalue weighted by Crippen LogP contribution is 2.30. The number of aliphatic hydroxyl groups is 5. The van der Waals surface area contributed by atoms with Crippen molar-refractivity contribution < 1.29 is 44.6 Å². The monoisotopic (exact) mass is 735 g/mol. The maximum absolute atomic E-state index is 13.5. The van der Waals surface area contributed by atoms with Crippen LogP contribution in [-0.4, -0.2) is 121 Å². The van der Waals surface area contributed by atoms with Crippen molar-refractivity contribution in [3.8, 4) is 0 Å². The molecule has 1 aliphatic carbocycles. The number of ether oxygens (including phenoxy) is 2. The number of rotatable bonds is 11. The molecule has 0 bridgehead atoms. The molecule has 3 rings (SSSR count). The summed E-state index contributed by atoms with van der Waals surface area (Å²) < 4.78 is 11.9. The zero-order valence-corrected chi connectivity index (χ0v) is 33.0. The molecule has 10 unspecified atom stereocenters. The van der Waals surface area contributed by atoms with Crippen molar-refractivity contribution in [1.82, 2.24) is 9.80 Å². The van der Waals surface area contributed by atoms with Crippen molar-refractivity contribution in [2.75, 3.05) is 26.2 Å². The Morgan fingerprint density at radius 2 is 1.67 bits per heavy atom. The Labute approximate surface area is 312 Å². The van der Waals surface area contributed by atoms with Crippen LogP contribution >= 0.6 is 0 Å². The van der Waals surface area contributed by atoms with Gasteiger partial charge < -0.3 is 39.9 Å². The van der Waals surface area contributed by atoms with Crippen LogP contribution in [0.5, 0.6) is 0 Å². The molecule has 11 nitrogen and oxygen atoms in total. The summed E-state index contributed by atoms with van der Waals surface area (Å²) in [5.74, 6) is -1.34. The number of aliphatic hydroxyl groups excluding tert-OH is 3. The second kappa shape index (κ2) is 20.4. The third kappa shape index (κ3) is 13.5. The summed E-state index contributed by atoms with van der Waals surface area (Å²) in [5, 5.41) is 54.3. The van der Waals surface area contributed by atoms with Gasteiger partial charge in [-0.3, -0.25) is 9.69 Å². The predicted molar refractivity (Wildman–Crippen MR) is 202 cm³/mol. The van der Waals surface area contributed by atoms with Crippen LogP contribution in [0.15, 0.2) is 36.0 Å². The standard InChI is InChI=1S/C41H70N2O9/c1-8-34(45)30(4)31(5)35(46)27-40(6,49)20-13-14-28(2)38-29(3)17-18-36(41(7,50)21-19-33(44)26-37(47)52-38)51-39(48)43-24-22-42(23-25-43)32-15-11-9-10-12-16-32/h13-14,17-18,20,29-36,38,44-46,49-50H,8-12,15-16,19,21-27H2,1-7H3. The average Bonchev–Trinajstić information content (AvgIpc) is 3.39. The SMILES string of the molecule is CCC(O)C(C)C(C)C(O)CC(C)(O)C=CC=C(C)C1OC(=O)CC(O)CCC(C)(O)C(OC(=O)N2CCN(C3CCCCCC3)CC2)C=CC1C. The van der Waals surface area contributed by atoms with Crippen molar-refractivity contribution in [2.45, 2.75) is 167 Å². The fraction of sp³-hybridized carbons (Fsp3) is 0.805. The molecule has 1 saturated heterocycles. The highest BCUT2D eigenvalue weighted by Gasteiger charge is 2.37. The maximum atomic E-state index is 13.5. The first kappa shape index (κ1) is 44.1. The van der Waals surface area contributed by atoms with Gasteiger partial charge in [0.1, 0.15) is 11.7 Å². The molecule has 2 aliphatic heterocycles. The van der Waals surface area contributed by atoms with Crippen LogP contribution in [0.1, 0.15) is 119 Å². The van der Waals surface area contributed by atoms with Gasteiger partial charge >= 0.3 is 12.1 Å². The summed E-state index contributed by atoms with van der Waals surface area (Å²) in [6.45, 7) is 15.2. The predicted octanol–water partition coefficient (Wildman–Crippen LogP) is 5.28. The van der Waals surface area contributed by atoms with E-state index in [1.54, 1.807) is 56.1 Å². The number of carbonyl (C=O) groups is 2. The van der Waals surface area contributed by atoms with Gasteiger partial charge in [0.25, 0.3) is 0 Å². The fourth-order valence-electron chi connectivity index (χ4n) is 7.78. The summed E-state index contributed by atoms with van der Waals surface area (Å²) in [4.78, 5) is 30.6. The Balaban J connectivity index is 1.73. The molecule has 2 fully saturated rings. The Hall–Kier alpha value is -2.28. The second-order valence-electron chi connectivity index (χ2n) is 16.5. The first-order valence-electron chi connectivity index (χ1n) is 19.9. The van der Waals surface area contributed by atoms with Gasteiger partial charge in [0.15, 0.2) is 6.10 Å². The van der Waals surface area contributed by atoms with Crippen LogP contribution in [0.2, 0.25) is 0 Å². The van der Waals surface area contributed by atoms with Crippen LogP contribution in [0.3, 0.4) is 0 Å². The third-order valence-corrected chi connectivity index (χ3v) is 11.8. The number of hydrogen-bond donors (Lipinski definition) is 5. The number of piperazine rings is 1. The van der Waals surface area contributed by atoms with E-state index in [2.05, 4.69) is 4.90 Å². The summed E-state index contributed by atoms with van der Waals surface area (Å²) in [7, 11) is 0. The largest absolute Gasteiger partial charge is 0.457 e. The lowest BCUT2D eigenvalue weighted by atomic mass is 9.81. The Kier molecular flexibility index (Phi) is 17.3. The third-order valence-electron chi connectivity index (χ3n) is 11.8. The minimum Gasteiger partial charge on any atom is -0.457 e. The number of nitrogens with zero attached hydrogens (tertiary/aromatic N) is 2. The van der Waals surface area contributed by atoms with Crippen LogP contribution in [-0.2, 0) is 14.3 Å². The maximum Gasteiger partial charge on any atom is 0.410 e. The van der Waals surface area contributed by atoms with E-state index < -0.39 is 59.7 Å². The molecule has 1 saturated carbocycles. The minimum absolute atomic E-state index is 0.0734. The molecule has 1 amide bonds. The Morgan fingerprint density at radius 3 is 2.29 bits per heavy atom. The lowest BCUT2D eigenvalue weighted by Gasteiger charge is -2.40. The summed E-state index contributed by atoms with van der Waals surface area (Å²) >= 11 is 0. The van der Waals surface area contributed by atoms with E-state index in [1.807, 2.05) is 27.7 Å². The first-order chi connectivity index (χ1) is 24.4. The smallest absolute Gasteiger partial charge is 0.410 e. The van der Waals surface area contributed by atoms with Gasteiger partial charge in [-0.1, -0.05) is 77.7 Å². The number of cyclic esters (lactones) is 1. The van der Waals surface area contributed by atoms with E-state index in [0.29, 0.717) is 31.1 Å². The van der Waals surface area contributed by atoms with E-state index in [1.165, 1.54) is 38.5 Å². The number of hydrogen-bond acceptors (Lipinski definition) is 10. The first-order valence-corrected chi connectivity index (χ1v) is 19.9. The van der Waals surface area contributed by atoms with Crippen LogP contribution < -0.4 is 0 Å². The quantitative estimate of drug-likeness (QED) is 0.0818. The van der Waals surface area contributed by atoms with Crippen molar-refractivity contribution in [1.29, 1.82) is 0 Å². The van der Waals surface area contributed by atoms with Gasteiger partial charge in [0.2, 0.25) is 0 Å². The molecule has 3 aliphatic rings. The van der Waals surface area contributed by atoms with Crippen LogP contribution in [0.4, 0.5) is 4.79 Å². The lowest BCUT2D eigenvalue weighted by molar-refractivity contribution is -0.151. The number of carbonyl (C=O) groups excluding carboxylic acids is 2. The lowest BCUT2D eigenvalue weighted by Crippen LogP contribution is -2.53. The summed E-state index contributed by atoms with van der Waals surface area (Å²) in [5.41, 5.74) is -2.17. The van der Waals surface area contributed by atoms with E-state index >= 15 is 0 Å². The molecule has 0 aromatic rings. The van der Waals surface area contributed by atoms with Crippen molar-refractivity contribution in [3.63, 3.8) is 0 Å². The highest BCUT2D eigenvalue weighted by molar-refractivity contribution is 5.70. The van der Waals surface area contributed by atoms with Gasteiger partial charge in [0, 0.05) is 44.6 Å². The molecule has 10 atom stereocenters. The Morgan fingerprint density at radius 1 is 1.06 bits per heavy atom. The average molecular weight is 735 g/mol. The molecule has 0 radical (unpaired) electrons. The van der Waals surface area contributed by atoms with E-state index in [0.717, 1.165) is 13.1 Å². The zero-order valence-electron chi connectivity index (χ0n) is 33.0. The van der Waals surface area contributed by atoms with Gasteiger partial charge in [-0.2, -0.15) is 0 Å². The molecule has 298 valence electrons. The van der Waals surface area contributed by atoms with Crippen LogP contribution in [0, 0.1) is 17.8 Å². The van der Waals surface area contributed by atoms with Gasteiger partial charge in [0.05, 0.1) is 30.3 Å². The van der Waals surface area contributed by atoms with E-state index in [-0.39, 0.29) is 37.5 Å². The molecule has 0 spiro atoms. The normalized spacial score (nSPS) is 31.7. The molecular formula is C41H70N2O9. The van der Waals surface area contributed by atoms with Crippen molar-refractivity contribution in [2.24, 2.45) is 17.8 Å². The molecule has 0 aromatic carbocycles. The molecule has 0 aromatic heterocycles. The molecule has 11 heteroatoms. The van der Waals surface area contributed by atoms with Gasteiger partial charge in [-0.25, -0.2) is 4.79 Å². The molecule has 2 heterocycles. The minimum atomic E-state index is -1.50. The second-order valence-corrected chi connectivity index (χ2v) is 16.5. The van der Waals surface area contributed by atoms with Crippen molar-refractivity contribution in [3.05, 3.63) is 36.0 Å². The zero-order chi connectivity index (χ0) is 38.6. The van der Waals surface area contributed by atoms with E-state index in [4.69, 9.17) is 9.47 Å². The molecular weight excluding hydrogens is 664 g/mol. The summed E-state index contributed by atoms with van der Waals surface area (Å²) in [6.07, 6.45) is 11.9. The number of amides is 1. The molecule has 5 N–H and O–H groups in total.